The van der Waals surface area contributed by atoms with Gasteiger partial charge in [0.1, 0.15) is 5.69 Å². The van der Waals surface area contributed by atoms with Crippen molar-refractivity contribution in [1.29, 1.82) is 0 Å². The van der Waals surface area contributed by atoms with E-state index in [0.29, 0.717) is 6.54 Å². The SMILES string of the molecule is CCCn1c(C(=O)NC[C@@H]2CCCO2)cc2sc(Br)cc21. The summed E-state index contributed by atoms with van der Waals surface area (Å²) in [5.74, 6) is -0.00141. The first kappa shape index (κ1) is 15.1. The molecule has 2 aromatic rings. The number of aryl methyl sites for hydroxylation is 1. The number of amides is 1. The van der Waals surface area contributed by atoms with E-state index < -0.39 is 0 Å². The Morgan fingerprint density at radius 2 is 2.43 bits per heavy atom. The van der Waals surface area contributed by atoms with E-state index in [-0.39, 0.29) is 12.0 Å². The molecule has 0 spiro atoms. The van der Waals surface area contributed by atoms with Crippen LogP contribution in [0.5, 0.6) is 0 Å². The maximum absolute atomic E-state index is 12.5. The molecule has 6 heteroatoms. The van der Waals surface area contributed by atoms with Crippen molar-refractivity contribution >= 4 is 43.4 Å². The molecule has 0 aromatic carbocycles. The van der Waals surface area contributed by atoms with Crippen molar-refractivity contribution in [3.8, 4) is 0 Å². The Kier molecular flexibility index (Phi) is 4.66. The standard InChI is InChI=1S/C15H19BrN2O2S/c1-2-5-18-11-8-14(16)21-13(11)7-12(18)15(19)17-9-10-4-3-6-20-10/h7-8,10H,2-6,9H2,1H3,(H,17,19)/t10-/m0/s1. The number of carbonyl (C=O) groups excluding carboxylic acids is 1. The van der Waals surface area contributed by atoms with Gasteiger partial charge in [0.05, 0.1) is 20.1 Å². The summed E-state index contributed by atoms with van der Waals surface area (Å²) in [6.45, 7) is 4.40. The van der Waals surface area contributed by atoms with Crippen LogP contribution in [0.3, 0.4) is 0 Å². The molecule has 0 saturated carbocycles. The summed E-state index contributed by atoms with van der Waals surface area (Å²) in [6.07, 6.45) is 3.32. The van der Waals surface area contributed by atoms with Gasteiger partial charge in [0.15, 0.2) is 0 Å². The van der Waals surface area contributed by atoms with E-state index in [0.717, 1.165) is 52.1 Å². The lowest BCUT2D eigenvalue weighted by Crippen LogP contribution is -2.33. The number of thiophene rings is 1. The second-order valence-electron chi connectivity index (χ2n) is 5.33. The van der Waals surface area contributed by atoms with Crippen LogP contribution in [-0.4, -0.2) is 29.7 Å². The smallest absolute Gasteiger partial charge is 0.268 e. The van der Waals surface area contributed by atoms with E-state index in [2.05, 4.69) is 38.8 Å². The predicted octanol–water partition coefficient (Wildman–Crippen LogP) is 3.78. The Balaban J connectivity index is 1.79. The highest BCUT2D eigenvalue weighted by atomic mass is 79.9. The van der Waals surface area contributed by atoms with Gasteiger partial charge in [-0.1, -0.05) is 6.92 Å². The van der Waals surface area contributed by atoms with Crippen molar-refractivity contribution in [3.05, 3.63) is 21.6 Å². The van der Waals surface area contributed by atoms with Gasteiger partial charge in [0.2, 0.25) is 0 Å². The molecule has 3 rings (SSSR count). The first-order chi connectivity index (χ1) is 10.2. The highest BCUT2D eigenvalue weighted by Crippen LogP contribution is 2.32. The van der Waals surface area contributed by atoms with Crippen molar-refractivity contribution in [2.45, 2.75) is 38.8 Å². The molecular weight excluding hydrogens is 352 g/mol. The van der Waals surface area contributed by atoms with Gasteiger partial charge >= 0.3 is 0 Å². The number of aromatic nitrogens is 1. The number of nitrogens with zero attached hydrogens (tertiary/aromatic N) is 1. The minimum atomic E-state index is -0.00141. The fraction of sp³-hybridized carbons (Fsp3) is 0.533. The zero-order chi connectivity index (χ0) is 14.8. The van der Waals surface area contributed by atoms with Crippen molar-refractivity contribution in [1.82, 2.24) is 9.88 Å². The molecule has 1 amide bonds. The maximum atomic E-state index is 12.5. The van der Waals surface area contributed by atoms with Crippen LogP contribution in [-0.2, 0) is 11.3 Å². The molecule has 1 fully saturated rings. The second kappa shape index (κ2) is 6.50. The largest absolute Gasteiger partial charge is 0.376 e. The van der Waals surface area contributed by atoms with Gasteiger partial charge in [-0.2, -0.15) is 0 Å². The van der Waals surface area contributed by atoms with Crippen molar-refractivity contribution in [2.75, 3.05) is 13.2 Å². The monoisotopic (exact) mass is 370 g/mol. The minimum Gasteiger partial charge on any atom is -0.376 e. The number of nitrogens with one attached hydrogen (secondary N) is 1. The average Bonchev–Trinajstić information content (AvgIpc) is 3.14. The molecule has 4 nitrogen and oxygen atoms in total. The van der Waals surface area contributed by atoms with Gasteiger partial charge in [-0.3, -0.25) is 4.79 Å². The molecule has 0 radical (unpaired) electrons. The van der Waals surface area contributed by atoms with E-state index in [1.165, 1.54) is 0 Å². The highest BCUT2D eigenvalue weighted by Gasteiger charge is 2.20. The zero-order valence-corrected chi connectivity index (χ0v) is 14.4. The number of hydrogen-bond acceptors (Lipinski definition) is 3. The van der Waals surface area contributed by atoms with Gasteiger partial charge in [0, 0.05) is 19.7 Å². The number of fused-ring (bicyclic) bond motifs is 1. The molecule has 0 aliphatic carbocycles. The van der Waals surface area contributed by atoms with Crippen LogP contribution in [0.2, 0.25) is 0 Å². The van der Waals surface area contributed by atoms with Gasteiger partial charge in [-0.15, -0.1) is 11.3 Å². The Labute approximate surface area is 136 Å². The lowest BCUT2D eigenvalue weighted by molar-refractivity contribution is 0.0850. The molecule has 21 heavy (non-hydrogen) atoms. The summed E-state index contributed by atoms with van der Waals surface area (Å²) in [7, 11) is 0. The average molecular weight is 371 g/mol. The van der Waals surface area contributed by atoms with E-state index in [1.54, 1.807) is 11.3 Å². The van der Waals surface area contributed by atoms with Crippen LogP contribution in [0.1, 0.15) is 36.7 Å². The first-order valence-corrected chi connectivity index (χ1v) is 8.98. The fourth-order valence-electron chi connectivity index (χ4n) is 2.77. The molecule has 1 aliphatic rings. The van der Waals surface area contributed by atoms with Gasteiger partial charge in [0.25, 0.3) is 5.91 Å². The maximum Gasteiger partial charge on any atom is 0.268 e. The third kappa shape index (κ3) is 3.17. The lowest BCUT2D eigenvalue weighted by atomic mass is 10.2. The third-order valence-corrected chi connectivity index (χ3v) is 5.33. The van der Waals surface area contributed by atoms with Gasteiger partial charge in [-0.25, -0.2) is 0 Å². The molecule has 3 heterocycles. The topological polar surface area (TPSA) is 43.3 Å². The number of halogens is 1. The van der Waals surface area contributed by atoms with Gasteiger partial charge in [-0.05, 0) is 47.3 Å². The van der Waals surface area contributed by atoms with Crippen LogP contribution in [0.4, 0.5) is 0 Å². The Bertz CT molecular complexity index is 643. The van der Waals surface area contributed by atoms with Crippen LogP contribution in [0.25, 0.3) is 10.2 Å². The molecule has 1 atom stereocenters. The van der Waals surface area contributed by atoms with Crippen molar-refractivity contribution < 1.29 is 9.53 Å². The molecule has 0 unspecified atom stereocenters. The summed E-state index contributed by atoms with van der Waals surface area (Å²) in [6, 6.07) is 4.08. The molecule has 0 bridgehead atoms. The van der Waals surface area contributed by atoms with E-state index in [4.69, 9.17) is 4.74 Å². The fourth-order valence-corrected chi connectivity index (χ4v) is 4.33. The number of rotatable bonds is 5. The van der Waals surface area contributed by atoms with E-state index in [1.807, 2.05) is 6.07 Å². The van der Waals surface area contributed by atoms with Crippen molar-refractivity contribution in [3.63, 3.8) is 0 Å². The highest BCUT2D eigenvalue weighted by molar-refractivity contribution is 9.11. The summed E-state index contributed by atoms with van der Waals surface area (Å²) < 4.78 is 9.91. The Morgan fingerprint density at radius 3 is 3.14 bits per heavy atom. The molecular formula is C15H19BrN2O2S. The van der Waals surface area contributed by atoms with E-state index >= 15 is 0 Å². The molecule has 1 aliphatic heterocycles. The summed E-state index contributed by atoms with van der Waals surface area (Å²) in [5, 5.41) is 3.01. The van der Waals surface area contributed by atoms with Gasteiger partial charge < -0.3 is 14.6 Å². The quantitative estimate of drug-likeness (QED) is 0.869. The second-order valence-corrected chi connectivity index (χ2v) is 7.79. The molecule has 2 aromatic heterocycles. The molecule has 1 N–H and O–H groups in total. The molecule has 114 valence electrons. The minimum absolute atomic E-state index is 0.00141. The predicted molar refractivity (Wildman–Crippen MR) is 89.1 cm³/mol. The third-order valence-electron chi connectivity index (χ3n) is 3.75. The summed E-state index contributed by atoms with van der Waals surface area (Å²) in [4.78, 5) is 12.5. The first-order valence-electron chi connectivity index (χ1n) is 7.37. The Morgan fingerprint density at radius 1 is 1.57 bits per heavy atom. The van der Waals surface area contributed by atoms with E-state index in [9.17, 15) is 4.79 Å². The van der Waals surface area contributed by atoms with Crippen molar-refractivity contribution in [2.24, 2.45) is 0 Å². The number of hydrogen-bond donors (Lipinski definition) is 1. The lowest BCUT2D eigenvalue weighted by Gasteiger charge is -2.12. The summed E-state index contributed by atoms with van der Waals surface area (Å²) in [5.41, 5.74) is 1.89. The number of ether oxygens (including phenoxy) is 1. The molecule has 1 saturated heterocycles. The van der Waals surface area contributed by atoms with Crippen LogP contribution in [0.15, 0.2) is 15.9 Å². The zero-order valence-electron chi connectivity index (χ0n) is 12.0. The summed E-state index contributed by atoms with van der Waals surface area (Å²) >= 11 is 5.18. The van der Waals surface area contributed by atoms with Crippen LogP contribution >= 0.6 is 27.3 Å². The normalized spacial score (nSPS) is 18.5. The van der Waals surface area contributed by atoms with Crippen LogP contribution < -0.4 is 5.32 Å². The Hall–Kier alpha value is -0.850. The number of carbonyl (C=O) groups is 1. The van der Waals surface area contributed by atoms with Crippen LogP contribution in [0, 0.1) is 0 Å².